The summed E-state index contributed by atoms with van der Waals surface area (Å²) in [5, 5.41) is 17.6. The number of hydrogen-bond donors (Lipinski definition) is 2. The van der Waals surface area contributed by atoms with Gasteiger partial charge in [0.1, 0.15) is 6.10 Å². The molecule has 3 nitrogen and oxygen atoms in total. The number of aliphatic hydroxyl groups is 1. The predicted molar refractivity (Wildman–Crippen MR) is 135 cm³/mol. The highest BCUT2D eigenvalue weighted by atomic mass is 16.4. The number of carbonyl (C=O) groups is 1. The molecule has 0 rings (SSSR count). The van der Waals surface area contributed by atoms with Crippen LogP contribution in [0.4, 0.5) is 0 Å². The van der Waals surface area contributed by atoms with Gasteiger partial charge < -0.3 is 10.2 Å². The molecule has 174 valence electrons. The number of rotatable bonds is 17. The summed E-state index contributed by atoms with van der Waals surface area (Å²) in [5.74, 6) is 12.2. The lowest BCUT2D eigenvalue weighted by Gasteiger charge is -2.00. The van der Waals surface area contributed by atoms with E-state index < -0.39 is 12.1 Å². The van der Waals surface area contributed by atoms with Gasteiger partial charge in [-0.2, -0.15) is 0 Å². The molecule has 0 amide bonds. The van der Waals surface area contributed by atoms with Crippen molar-refractivity contribution in [1.82, 2.24) is 0 Å². The van der Waals surface area contributed by atoms with E-state index in [0.29, 0.717) is 0 Å². The lowest BCUT2D eigenvalue weighted by atomic mass is 10.1. The van der Waals surface area contributed by atoms with Crippen molar-refractivity contribution in [2.45, 2.75) is 102 Å². The van der Waals surface area contributed by atoms with Gasteiger partial charge in [0.25, 0.3) is 0 Å². The second kappa shape index (κ2) is 24.6. The maximum absolute atomic E-state index is 10.2. The maximum atomic E-state index is 10.2. The van der Waals surface area contributed by atoms with Crippen LogP contribution in [0.15, 0.2) is 36.5 Å². The fourth-order valence-corrected chi connectivity index (χ4v) is 3.01. The molecule has 0 aliphatic rings. The van der Waals surface area contributed by atoms with E-state index in [-0.39, 0.29) is 0 Å². The summed E-state index contributed by atoms with van der Waals surface area (Å²) in [6, 6.07) is 0. The van der Waals surface area contributed by atoms with Gasteiger partial charge in [0.05, 0.1) is 0 Å². The Kier molecular flexibility index (Phi) is 22.5. The summed E-state index contributed by atoms with van der Waals surface area (Å²) in [6.07, 6.45) is 33.0. The quantitative estimate of drug-likeness (QED) is 0.154. The minimum atomic E-state index is -1.08. The predicted octanol–water partition coefficient (Wildman–Crippen LogP) is 6.59. The van der Waals surface area contributed by atoms with E-state index in [1.165, 1.54) is 38.5 Å². The first kappa shape index (κ1) is 29.3. The zero-order valence-electron chi connectivity index (χ0n) is 19.5. The van der Waals surface area contributed by atoms with Gasteiger partial charge in [-0.15, -0.1) is 12.3 Å². The van der Waals surface area contributed by atoms with Crippen LogP contribution >= 0.6 is 0 Å². The van der Waals surface area contributed by atoms with Crippen molar-refractivity contribution in [2.75, 3.05) is 0 Å². The molecule has 0 radical (unpaired) electrons. The maximum Gasteiger partial charge on any atom is 0.382 e. The minimum absolute atomic E-state index is 0.750. The highest BCUT2D eigenvalue weighted by Crippen LogP contribution is 2.10. The molecule has 0 bridgehead atoms. The van der Waals surface area contributed by atoms with Crippen molar-refractivity contribution in [3.05, 3.63) is 36.5 Å². The Balaban J connectivity index is 3.35. The van der Waals surface area contributed by atoms with Crippen molar-refractivity contribution < 1.29 is 15.0 Å². The fourth-order valence-electron chi connectivity index (χ4n) is 3.01. The lowest BCUT2D eigenvalue weighted by molar-refractivity contribution is -0.130. The number of allylic oxidation sites excluding steroid dienone is 5. The molecule has 2 N–H and O–H groups in total. The first-order valence-electron chi connectivity index (χ1n) is 12.0. The number of carboxylic acid groups (broad SMARTS) is 1. The summed E-state index contributed by atoms with van der Waals surface area (Å²) in [7, 11) is 0. The standard InChI is InChI=1S/C29H40O3/c1-2-28(30)26-24-22-20-18-16-14-12-10-8-6-4-3-5-7-9-11-13-15-17-19-21-23-25-27-29(31)32/h1,4,6,21,23-24,26,28,30H,3,5,7-9,11,13-20,22H2,(H,31,32)/b6-4-,23-21-,26-24+. The van der Waals surface area contributed by atoms with Gasteiger partial charge in [-0.05, 0) is 57.1 Å². The zero-order valence-corrected chi connectivity index (χ0v) is 19.5. The van der Waals surface area contributed by atoms with Crippen LogP contribution in [0.5, 0.6) is 0 Å². The Morgan fingerprint density at radius 2 is 1.38 bits per heavy atom. The first-order valence-corrected chi connectivity index (χ1v) is 12.0. The van der Waals surface area contributed by atoms with E-state index in [0.717, 1.165) is 57.8 Å². The summed E-state index contributed by atoms with van der Waals surface area (Å²) < 4.78 is 0. The molecule has 0 fully saturated rings. The van der Waals surface area contributed by atoms with Crippen LogP contribution in [0.1, 0.15) is 96.3 Å². The van der Waals surface area contributed by atoms with Crippen molar-refractivity contribution in [2.24, 2.45) is 0 Å². The molecule has 0 spiro atoms. The molecule has 0 aromatic heterocycles. The monoisotopic (exact) mass is 436 g/mol. The van der Waals surface area contributed by atoms with Gasteiger partial charge >= 0.3 is 5.97 Å². The Morgan fingerprint density at radius 1 is 0.781 bits per heavy atom. The van der Waals surface area contributed by atoms with Gasteiger partial charge in [0, 0.05) is 18.8 Å². The average Bonchev–Trinajstić information content (AvgIpc) is 2.78. The van der Waals surface area contributed by atoms with Crippen molar-refractivity contribution in [3.63, 3.8) is 0 Å². The van der Waals surface area contributed by atoms with Crippen LogP contribution in [0.25, 0.3) is 0 Å². The van der Waals surface area contributed by atoms with Crippen LogP contribution in [0.3, 0.4) is 0 Å². The molecule has 3 heteroatoms. The summed E-state index contributed by atoms with van der Waals surface area (Å²) in [5.41, 5.74) is 0. The number of aliphatic hydroxyl groups excluding tert-OH is 1. The molecule has 0 aliphatic heterocycles. The van der Waals surface area contributed by atoms with E-state index >= 15 is 0 Å². The van der Waals surface area contributed by atoms with Gasteiger partial charge in [0.2, 0.25) is 0 Å². The SMILES string of the molecule is C#CC(O)/C=C/CCCCCC#CC/C=C\CCCCCCCCC/C=C\C#CC(=O)O. The smallest absolute Gasteiger partial charge is 0.382 e. The Hall–Kier alpha value is -2.67. The molecule has 32 heavy (non-hydrogen) atoms. The second-order valence-electron chi connectivity index (χ2n) is 7.70. The molecule has 0 heterocycles. The summed E-state index contributed by atoms with van der Waals surface area (Å²) in [6.45, 7) is 0. The topological polar surface area (TPSA) is 57.5 Å². The number of terminal acetylenes is 1. The third kappa shape index (κ3) is 25.4. The van der Waals surface area contributed by atoms with Crippen molar-refractivity contribution >= 4 is 5.97 Å². The molecule has 0 aromatic carbocycles. The van der Waals surface area contributed by atoms with E-state index in [4.69, 9.17) is 11.5 Å². The molecule has 0 saturated carbocycles. The van der Waals surface area contributed by atoms with Gasteiger partial charge in [0.15, 0.2) is 0 Å². The lowest BCUT2D eigenvalue weighted by Crippen LogP contribution is -1.95. The molecule has 0 aromatic rings. The molecule has 1 unspecified atom stereocenters. The van der Waals surface area contributed by atoms with Crippen LogP contribution in [-0.4, -0.2) is 22.3 Å². The van der Waals surface area contributed by atoms with E-state index in [1.807, 2.05) is 12.2 Å². The summed E-state index contributed by atoms with van der Waals surface area (Å²) >= 11 is 0. The normalized spacial score (nSPS) is 11.8. The second-order valence-corrected chi connectivity index (χ2v) is 7.70. The van der Waals surface area contributed by atoms with Crippen molar-refractivity contribution in [3.8, 4) is 36.0 Å². The molecular formula is C29H40O3. The zero-order chi connectivity index (χ0) is 23.5. The van der Waals surface area contributed by atoms with E-state index in [1.54, 1.807) is 12.2 Å². The first-order chi connectivity index (χ1) is 15.7. The fraction of sp³-hybridized carbons (Fsp3) is 0.552. The van der Waals surface area contributed by atoms with Gasteiger partial charge in [-0.3, -0.25) is 0 Å². The molecular weight excluding hydrogens is 396 g/mol. The van der Waals surface area contributed by atoms with Crippen LogP contribution in [0.2, 0.25) is 0 Å². The number of hydrogen-bond acceptors (Lipinski definition) is 2. The summed E-state index contributed by atoms with van der Waals surface area (Å²) in [4.78, 5) is 10.2. The Labute approximate surface area is 196 Å². The Morgan fingerprint density at radius 3 is 2.03 bits per heavy atom. The number of unbranched alkanes of at least 4 members (excludes halogenated alkanes) is 12. The van der Waals surface area contributed by atoms with Crippen LogP contribution < -0.4 is 0 Å². The van der Waals surface area contributed by atoms with Crippen LogP contribution in [0, 0.1) is 36.0 Å². The van der Waals surface area contributed by atoms with E-state index in [2.05, 4.69) is 41.8 Å². The van der Waals surface area contributed by atoms with Gasteiger partial charge in [-0.25, -0.2) is 4.79 Å². The third-order valence-electron chi connectivity index (χ3n) is 4.80. The van der Waals surface area contributed by atoms with Crippen LogP contribution in [-0.2, 0) is 4.79 Å². The van der Waals surface area contributed by atoms with E-state index in [9.17, 15) is 9.90 Å². The molecule has 0 aliphatic carbocycles. The highest BCUT2D eigenvalue weighted by molar-refractivity contribution is 5.86. The minimum Gasteiger partial charge on any atom is -0.472 e. The number of carboxylic acids is 1. The highest BCUT2D eigenvalue weighted by Gasteiger charge is 1.91. The number of aliphatic carboxylic acids is 1. The van der Waals surface area contributed by atoms with Gasteiger partial charge in [-0.1, -0.05) is 80.6 Å². The average molecular weight is 437 g/mol. The molecule has 0 saturated heterocycles. The largest absolute Gasteiger partial charge is 0.472 e. The third-order valence-corrected chi connectivity index (χ3v) is 4.80. The molecule has 1 atom stereocenters. The Bertz CT molecular complexity index is 713. The van der Waals surface area contributed by atoms with Crippen molar-refractivity contribution in [1.29, 1.82) is 0 Å².